The number of carbonyl (C=O) groups is 1. The van der Waals surface area contributed by atoms with Crippen molar-refractivity contribution in [2.24, 2.45) is 5.92 Å². The highest BCUT2D eigenvalue weighted by Gasteiger charge is 2.35. The number of hydrogen-bond acceptors (Lipinski definition) is 6. The molecule has 2 atom stereocenters. The Morgan fingerprint density at radius 2 is 2.33 bits per heavy atom. The van der Waals surface area contributed by atoms with Crippen LogP contribution in [-0.2, 0) is 21.1 Å². The van der Waals surface area contributed by atoms with Crippen molar-refractivity contribution in [1.29, 1.82) is 0 Å². The fourth-order valence-corrected chi connectivity index (χ4v) is 5.90. The van der Waals surface area contributed by atoms with Crippen LogP contribution in [0, 0.1) is 5.92 Å². The molecule has 0 aromatic carbocycles. The Morgan fingerprint density at radius 1 is 1.52 bits per heavy atom. The first kappa shape index (κ1) is 14.9. The van der Waals surface area contributed by atoms with Gasteiger partial charge >= 0.3 is 0 Å². The molecule has 21 heavy (non-hydrogen) atoms. The zero-order chi connectivity index (χ0) is 15.0. The van der Waals surface area contributed by atoms with Gasteiger partial charge in [0.2, 0.25) is 5.91 Å². The highest BCUT2D eigenvalue weighted by molar-refractivity contribution is 7.91. The summed E-state index contributed by atoms with van der Waals surface area (Å²) in [7, 11) is -1.13. The van der Waals surface area contributed by atoms with Gasteiger partial charge < -0.3 is 10.2 Å². The summed E-state index contributed by atoms with van der Waals surface area (Å²) in [5.74, 6) is 0.566. The van der Waals surface area contributed by atoms with Gasteiger partial charge in [-0.15, -0.1) is 11.3 Å². The zero-order valence-electron chi connectivity index (χ0n) is 11.9. The number of fused-ring (bicyclic) bond motifs is 1. The number of rotatable bonds is 3. The molecule has 1 saturated heterocycles. The molecule has 2 unspecified atom stereocenters. The van der Waals surface area contributed by atoms with Crippen LogP contribution in [0.2, 0.25) is 0 Å². The molecule has 0 saturated carbocycles. The second-order valence-corrected chi connectivity index (χ2v) is 8.80. The highest BCUT2D eigenvalue weighted by Crippen LogP contribution is 2.29. The van der Waals surface area contributed by atoms with Crippen LogP contribution in [0.3, 0.4) is 0 Å². The molecule has 0 bridgehead atoms. The number of nitrogens with zero attached hydrogens (tertiary/aromatic N) is 2. The predicted molar refractivity (Wildman–Crippen MR) is 81.0 cm³/mol. The average molecular weight is 329 g/mol. The molecular formula is C13H19N3O3S2. The van der Waals surface area contributed by atoms with Crippen LogP contribution in [0.25, 0.3) is 0 Å². The summed E-state index contributed by atoms with van der Waals surface area (Å²) in [5.41, 5.74) is 2.76. The normalized spacial score (nSPS) is 28.4. The highest BCUT2D eigenvalue weighted by atomic mass is 32.2. The third-order valence-electron chi connectivity index (χ3n) is 4.21. The summed E-state index contributed by atoms with van der Waals surface area (Å²) in [5, 5.41) is 3.07. The van der Waals surface area contributed by atoms with Gasteiger partial charge in [-0.3, -0.25) is 4.79 Å². The van der Waals surface area contributed by atoms with Crippen molar-refractivity contribution in [2.45, 2.75) is 18.9 Å². The lowest BCUT2D eigenvalue weighted by Gasteiger charge is -2.26. The standard InChI is InChI=1S/C13H19N3O3S2/c1-14-11-12-10(15-8-20-12)2-4-16(13(11)17)6-9-3-5-21(18,19)7-9/h8-9,11,14H,2-7H2,1H3. The minimum atomic E-state index is -2.90. The lowest BCUT2D eigenvalue weighted by atomic mass is 10.1. The van der Waals surface area contributed by atoms with Gasteiger partial charge in [0.25, 0.3) is 0 Å². The molecule has 1 aromatic heterocycles. The number of sulfone groups is 1. The summed E-state index contributed by atoms with van der Waals surface area (Å²) in [6.45, 7) is 1.15. The first-order chi connectivity index (χ1) is 10.00. The molecule has 0 spiro atoms. The topological polar surface area (TPSA) is 79.4 Å². The molecule has 1 amide bonds. The monoisotopic (exact) mass is 329 g/mol. The van der Waals surface area contributed by atoms with Gasteiger partial charge in [0, 0.05) is 19.5 Å². The Balaban J connectivity index is 1.76. The second kappa shape index (κ2) is 5.66. The second-order valence-electron chi connectivity index (χ2n) is 5.69. The number of thiazole rings is 1. The number of hydrogen-bond donors (Lipinski definition) is 1. The summed E-state index contributed by atoms with van der Waals surface area (Å²) < 4.78 is 23.1. The number of carbonyl (C=O) groups excluding carboxylic acids is 1. The van der Waals surface area contributed by atoms with Crippen LogP contribution in [0.1, 0.15) is 23.0 Å². The van der Waals surface area contributed by atoms with Crippen molar-refractivity contribution in [1.82, 2.24) is 15.2 Å². The van der Waals surface area contributed by atoms with Crippen molar-refractivity contribution in [2.75, 3.05) is 31.6 Å². The van der Waals surface area contributed by atoms with E-state index in [1.807, 2.05) is 0 Å². The fraction of sp³-hybridized carbons (Fsp3) is 0.692. The van der Waals surface area contributed by atoms with E-state index in [1.165, 1.54) is 11.3 Å². The van der Waals surface area contributed by atoms with E-state index in [9.17, 15) is 13.2 Å². The maximum atomic E-state index is 12.7. The van der Waals surface area contributed by atoms with Crippen LogP contribution >= 0.6 is 11.3 Å². The van der Waals surface area contributed by atoms with E-state index in [4.69, 9.17) is 0 Å². The van der Waals surface area contributed by atoms with Crippen LogP contribution < -0.4 is 5.32 Å². The molecule has 1 fully saturated rings. The predicted octanol–water partition coefficient (Wildman–Crippen LogP) is 0.223. The molecule has 116 valence electrons. The van der Waals surface area contributed by atoms with Gasteiger partial charge in [-0.25, -0.2) is 13.4 Å². The maximum Gasteiger partial charge on any atom is 0.245 e. The van der Waals surface area contributed by atoms with Crippen LogP contribution in [0.5, 0.6) is 0 Å². The van der Waals surface area contributed by atoms with E-state index in [0.717, 1.165) is 17.0 Å². The van der Waals surface area contributed by atoms with E-state index in [0.29, 0.717) is 19.5 Å². The molecule has 0 aliphatic carbocycles. The maximum absolute atomic E-state index is 12.7. The number of aromatic nitrogens is 1. The number of amides is 1. The van der Waals surface area contributed by atoms with Crippen molar-refractivity contribution < 1.29 is 13.2 Å². The van der Waals surface area contributed by atoms with Gasteiger partial charge in [-0.1, -0.05) is 0 Å². The van der Waals surface area contributed by atoms with Gasteiger partial charge in [0.05, 0.1) is 27.6 Å². The fourth-order valence-electron chi connectivity index (χ4n) is 3.11. The molecule has 1 aromatic rings. The molecule has 0 radical (unpaired) electrons. The van der Waals surface area contributed by atoms with Crippen LogP contribution in [-0.4, -0.2) is 55.9 Å². The number of nitrogens with one attached hydrogen (secondary N) is 1. The Labute approximate surface area is 128 Å². The Morgan fingerprint density at radius 3 is 3.00 bits per heavy atom. The van der Waals surface area contributed by atoms with Crippen molar-refractivity contribution in [3.8, 4) is 0 Å². The smallest absolute Gasteiger partial charge is 0.245 e. The first-order valence-corrected chi connectivity index (χ1v) is 9.79. The lowest BCUT2D eigenvalue weighted by molar-refractivity contribution is -0.133. The quantitative estimate of drug-likeness (QED) is 0.858. The molecule has 8 heteroatoms. The van der Waals surface area contributed by atoms with E-state index in [1.54, 1.807) is 17.5 Å². The lowest BCUT2D eigenvalue weighted by Crippen LogP contribution is -2.41. The minimum Gasteiger partial charge on any atom is -0.340 e. The summed E-state index contributed by atoms with van der Waals surface area (Å²) >= 11 is 1.50. The molecule has 1 N–H and O–H groups in total. The van der Waals surface area contributed by atoms with Crippen LogP contribution in [0.4, 0.5) is 0 Å². The van der Waals surface area contributed by atoms with Gasteiger partial charge in [-0.05, 0) is 19.4 Å². The van der Waals surface area contributed by atoms with Gasteiger partial charge in [0.1, 0.15) is 6.04 Å². The summed E-state index contributed by atoms with van der Waals surface area (Å²) in [6.07, 6.45) is 1.40. The van der Waals surface area contributed by atoms with E-state index in [2.05, 4.69) is 10.3 Å². The van der Waals surface area contributed by atoms with Gasteiger partial charge in [0.15, 0.2) is 9.84 Å². The molecule has 3 rings (SSSR count). The largest absolute Gasteiger partial charge is 0.340 e. The van der Waals surface area contributed by atoms with Gasteiger partial charge in [-0.2, -0.15) is 0 Å². The summed E-state index contributed by atoms with van der Waals surface area (Å²) in [4.78, 5) is 19.8. The van der Waals surface area contributed by atoms with E-state index >= 15 is 0 Å². The van der Waals surface area contributed by atoms with Crippen molar-refractivity contribution in [3.63, 3.8) is 0 Å². The van der Waals surface area contributed by atoms with Crippen LogP contribution in [0.15, 0.2) is 5.51 Å². The molecule has 2 aliphatic rings. The Kier molecular flexibility index (Phi) is 4.02. The third-order valence-corrected chi connectivity index (χ3v) is 6.98. The molecule has 3 heterocycles. The Hall–Kier alpha value is -0.990. The summed E-state index contributed by atoms with van der Waals surface area (Å²) in [6, 6.07) is -0.354. The third kappa shape index (κ3) is 2.97. The molecular weight excluding hydrogens is 310 g/mol. The van der Waals surface area contributed by atoms with Crippen molar-refractivity contribution in [3.05, 3.63) is 16.1 Å². The van der Waals surface area contributed by atoms with E-state index < -0.39 is 9.84 Å². The average Bonchev–Trinajstić information content (AvgIpc) is 2.99. The van der Waals surface area contributed by atoms with E-state index in [-0.39, 0.29) is 29.4 Å². The number of likely N-dealkylation sites (N-methyl/N-ethyl adjacent to an activating group) is 1. The SMILES string of the molecule is CNC1C(=O)N(CC2CCS(=O)(=O)C2)CCc2ncsc21. The first-order valence-electron chi connectivity index (χ1n) is 7.09. The minimum absolute atomic E-state index is 0.0322. The zero-order valence-corrected chi connectivity index (χ0v) is 13.5. The molecule has 2 aliphatic heterocycles. The van der Waals surface area contributed by atoms with Crippen molar-refractivity contribution >= 4 is 27.1 Å². The Bertz CT molecular complexity index is 641. The molecule has 6 nitrogen and oxygen atoms in total.